The first-order valence-electron chi connectivity index (χ1n) is 5.59. The van der Waals surface area contributed by atoms with E-state index < -0.39 is 11.5 Å². The molecule has 2 rings (SSSR count). The monoisotopic (exact) mass is 246 g/mol. The molecular weight excluding hydrogens is 232 g/mol. The van der Waals surface area contributed by atoms with E-state index in [4.69, 9.17) is 0 Å². The number of hydrogen-bond donors (Lipinski definition) is 1. The van der Waals surface area contributed by atoms with Crippen LogP contribution in [0.1, 0.15) is 23.7 Å². The summed E-state index contributed by atoms with van der Waals surface area (Å²) in [6, 6.07) is 8.85. The van der Waals surface area contributed by atoms with E-state index >= 15 is 0 Å². The molecule has 0 radical (unpaired) electrons. The van der Waals surface area contributed by atoms with E-state index in [1.807, 2.05) is 6.07 Å². The first-order valence-corrected chi connectivity index (χ1v) is 5.59. The van der Waals surface area contributed by atoms with Crippen molar-refractivity contribution in [2.75, 3.05) is 7.11 Å². The third-order valence-corrected chi connectivity index (χ3v) is 2.89. The van der Waals surface area contributed by atoms with E-state index in [2.05, 4.69) is 15.3 Å². The smallest absolute Gasteiger partial charge is 0.333 e. The van der Waals surface area contributed by atoms with Gasteiger partial charge in [-0.05, 0) is 6.92 Å². The fourth-order valence-corrected chi connectivity index (χ4v) is 1.84. The highest BCUT2D eigenvalue weighted by Crippen LogP contribution is 2.20. The summed E-state index contributed by atoms with van der Waals surface area (Å²) in [5.41, 5.74) is 2.63. The van der Waals surface area contributed by atoms with E-state index in [1.165, 1.54) is 7.11 Å². The van der Waals surface area contributed by atoms with Crippen LogP contribution >= 0.6 is 0 Å². The lowest BCUT2D eigenvalue weighted by Gasteiger charge is -2.19. The van der Waals surface area contributed by atoms with Crippen molar-refractivity contribution >= 4 is 17.5 Å². The number of hydrogen-bond acceptors (Lipinski definition) is 5. The molecule has 0 saturated carbocycles. The van der Waals surface area contributed by atoms with Crippen LogP contribution in [-0.2, 0) is 9.53 Å². The topological polar surface area (TPSA) is 67.8 Å². The molecule has 1 aliphatic rings. The Kier molecular flexibility index (Phi) is 3.14. The first kappa shape index (κ1) is 12.3. The van der Waals surface area contributed by atoms with Gasteiger partial charge < -0.3 is 4.74 Å². The second kappa shape index (κ2) is 4.60. The predicted octanol–water partition coefficient (Wildman–Crippen LogP) is 1.15. The Balaban J connectivity index is 2.14. The summed E-state index contributed by atoms with van der Waals surface area (Å²) < 4.78 is 4.68. The molecule has 1 heterocycles. The zero-order valence-corrected chi connectivity index (χ0v) is 10.3. The molecule has 5 heteroatoms. The number of benzene rings is 1. The van der Waals surface area contributed by atoms with Gasteiger partial charge in [-0.1, -0.05) is 30.3 Å². The molecule has 1 atom stereocenters. The van der Waals surface area contributed by atoms with Crippen molar-refractivity contribution < 1.29 is 14.3 Å². The molecule has 0 aliphatic carbocycles. The number of rotatable bonds is 3. The van der Waals surface area contributed by atoms with Gasteiger partial charge in [0, 0.05) is 12.0 Å². The summed E-state index contributed by atoms with van der Waals surface area (Å²) >= 11 is 0. The van der Waals surface area contributed by atoms with Crippen molar-refractivity contribution in [2.45, 2.75) is 18.9 Å². The minimum Gasteiger partial charge on any atom is -0.467 e. The van der Waals surface area contributed by atoms with Crippen LogP contribution in [0, 0.1) is 0 Å². The molecule has 1 aromatic rings. The van der Waals surface area contributed by atoms with Crippen LogP contribution in [0.15, 0.2) is 35.4 Å². The maximum atomic E-state index is 12.1. The molecule has 94 valence electrons. The van der Waals surface area contributed by atoms with Crippen LogP contribution in [0.5, 0.6) is 0 Å². The normalized spacial score (nSPS) is 22.0. The van der Waals surface area contributed by atoms with Crippen molar-refractivity contribution in [3.8, 4) is 0 Å². The Hall–Kier alpha value is -2.17. The molecule has 0 amide bonds. The SMILES string of the molecule is COC(=O)C1(C)CC(C(=O)c2ccccc2)=NN1. The summed E-state index contributed by atoms with van der Waals surface area (Å²) in [6.07, 6.45) is 0.230. The van der Waals surface area contributed by atoms with Gasteiger partial charge in [0.15, 0.2) is 5.54 Å². The first-order chi connectivity index (χ1) is 8.57. The van der Waals surface area contributed by atoms with E-state index in [9.17, 15) is 9.59 Å². The Morgan fingerprint density at radius 3 is 2.61 bits per heavy atom. The molecule has 1 aliphatic heterocycles. The number of hydrazone groups is 1. The van der Waals surface area contributed by atoms with Gasteiger partial charge in [0.25, 0.3) is 0 Å². The zero-order chi connectivity index (χ0) is 13.2. The number of carbonyl (C=O) groups is 2. The quantitative estimate of drug-likeness (QED) is 0.641. The minimum atomic E-state index is -0.950. The van der Waals surface area contributed by atoms with Crippen LogP contribution in [0.25, 0.3) is 0 Å². The van der Waals surface area contributed by atoms with Gasteiger partial charge in [-0.2, -0.15) is 5.10 Å². The number of nitrogens with one attached hydrogen (secondary N) is 1. The molecule has 1 aromatic carbocycles. The maximum absolute atomic E-state index is 12.1. The standard InChI is InChI=1S/C13H14N2O3/c1-13(12(17)18-2)8-10(14-15-13)11(16)9-6-4-3-5-7-9/h3-7,15H,8H2,1-2H3. The fourth-order valence-electron chi connectivity index (χ4n) is 1.84. The van der Waals surface area contributed by atoms with Crippen LogP contribution in [-0.4, -0.2) is 30.1 Å². The van der Waals surface area contributed by atoms with Crippen molar-refractivity contribution in [1.82, 2.24) is 5.43 Å². The van der Waals surface area contributed by atoms with E-state index in [-0.39, 0.29) is 12.2 Å². The highest BCUT2D eigenvalue weighted by atomic mass is 16.5. The molecule has 1 N–H and O–H groups in total. The third kappa shape index (κ3) is 2.11. The number of Topliss-reactive ketones (excluding diaryl/α,β-unsaturated/α-hetero) is 1. The summed E-state index contributed by atoms with van der Waals surface area (Å²) in [6.45, 7) is 1.66. The van der Waals surface area contributed by atoms with Gasteiger partial charge in [0.2, 0.25) is 5.78 Å². The van der Waals surface area contributed by atoms with Gasteiger partial charge in [-0.25, -0.2) is 4.79 Å². The van der Waals surface area contributed by atoms with Crippen molar-refractivity contribution in [2.24, 2.45) is 5.10 Å². The average Bonchev–Trinajstić information content (AvgIpc) is 2.82. The molecule has 0 spiro atoms. The van der Waals surface area contributed by atoms with Crippen molar-refractivity contribution in [1.29, 1.82) is 0 Å². The van der Waals surface area contributed by atoms with E-state index in [0.29, 0.717) is 11.3 Å². The molecule has 18 heavy (non-hydrogen) atoms. The highest BCUT2D eigenvalue weighted by molar-refractivity contribution is 6.46. The average molecular weight is 246 g/mol. The van der Waals surface area contributed by atoms with Gasteiger partial charge in [0.1, 0.15) is 5.71 Å². The van der Waals surface area contributed by atoms with E-state index in [1.54, 1.807) is 31.2 Å². The zero-order valence-electron chi connectivity index (χ0n) is 10.3. The van der Waals surface area contributed by atoms with Gasteiger partial charge in [-0.3, -0.25) is 10.2 Å². The number of ketones is 1. The Morgan fingerprint density at radius 1 is 1.33 bits per heavy atom. The number of ether oxygens (including phenoxy) is 1. The van der Waals surface area contributed by atoms with Crippen LogP contribution in [0.2, 0.25) is 0 Å². The Bertz CT molecular complexity index is 510. The number of esters is 1. The Morgan fingerprint density at radius 2 is 2.00 bits per heavy atom. The molecule has 0 aromatic heterocycles. The second-order valence-electron chi connectivity index (χ2n) is 4.37. The van der Waals surface area contributed by atoms with Gasteiger partial charge >= 0.3 is 5.97 Å². The van der Waals surface area contributed by atoms with Crippen molar-refractivity contribution in [3.05, 3.63) is 35.9 Å². The lowest BCUT2D eigenvalue weighted by molar-refractivity contribution is -0.147. The summed E-state index contributed by atoms with van der Waals surface area (Å²) in [5.74, 6) is -0.599. The van der Waals surface area contributed by atoms with Crippen LogP contribution < -0.4 is 5.43 Å². The molecule has 0 bridgehead atoms. The van der Waals surface area contributed by atoms with Crippen LogP contribution in [0.3, 0.4) is 0 Å². The lowest BCUT2D eigenvalue weighted by atomic mass is 9.94. The lowest BCUT2D eigenvalue weighted by Crippen LogP contribution is -2.45. The summed E-state index contributed by atoms with van der Waals surface area (Å²) in [5, 5.41) is 3.95. The second-order valence-corrected chi connectivity index (χ2v) is 4.37. The summed E-state index contributed by atoms with van der Waals surface area (Å²) in [7, 11) is 1.31. The summed E-state index contributed by atoms with van der Waals surface area (Å²) in [4.78, 5) is 23.7. The molecular formula is C13H14N2O3. The van der Waals surface area contributed by atoms with Crippen LogP contribution in [0.4, 0.5) is 0 Å². The largest absolute Gasteiger partial charge is 0.467 e. The van der Waals surface area contributed by atoms with E-state index in [0.717, 1.165) is 0 Å². The fraction of sp³-hybridized carbons (Fsp3) is 0.308. The van der Waals surface area contributed by atoms with Gasteiger partial charge in [-0.15, -0.1) is 0 Å². The number of carbonyl (C=O) groups excluding carboxylic acids is 2. The Labute approximate surface area is 105 Å². The molecule has 1 unspecified atom stereocenters. The maximum Gasteiger partial charge on any atom is 0.333 e. The molecule has 0 fully saturated rings. The molecule has 5 nitrogen and oxygen atoms in total. The molecule has 0 saturated heterocycles. The number of methoxy groups -OCH3 is 1. The van der Waals surface area contributed by atoms with Gasteiger partial charge in [0.05, 0.1) is 7.11 Å². The highest BCUT2D eigenvalue weighted by Gasteiger charge is 2.41. The number of nitrogens with zero attached hydrogens (tertiary/aromatic N) is 1. The predicted molar refractivity (Wildman–Crippen MR) is 66.4 cm³/mol. The van der Waals surface area contributed by atoms with Crippen molar-refractivity contribution in [3.63, 3.8) is 0 Å². The minimum absolute atomic E-state index is 0.171. The third-order valence-electron chi connectivity index (χ3n) is 2.89.